The molecule has 0 aliphatic heterocycles. The van der Waals surface area contributed by atoms with E-state index in [-0.39, 0.29) is 0 Å². The molecule has 7 heteroatoms. The van der Waals surface area contributed by atoms with Gasteiger partial charge in [0.2, 0.25) is 5.95 Å². The van der Waals surface area contributed by atoms with Crippen molar-refractivity contribution in [1.82, 2.24) is 20.2 Å². The Morgan fingerprint density at radius 1 is 1.26 bits per heavy atom. The number of fused-ring (bicyclic) bond motifs is 1. The number of H-pyrrole nitrogens is 1. The van der Waals surface area contributed by atoms with Gasteiger partial charge in [0.1, 0.15) is 5.82 Å². The molecule has 0 aliphatic rings. The number of hydrogen-bond donors (Lipinski definition) is 3. The topological polar surface area (TPSA) is 78.5 Å². The molecule has 0 saturated heterocycles. The molecule has 2 rings (SSSR count). The van der Waals surface area contributed by atoms with Crippen LogP contribution in [0.3, 0.4) is 0 Å². The molecule has 2 aromatic rings. The molecular formula is C12H20N6S. The molecule has 0 saturated carbocycles. The van der Waals surface area contributed by atoms with Gasteiger partial charge in [0, 0.05) is 13.1 Å². The number of hydrogen-bond acceptors (Lipinski definition) is 6. The molecule has 0 spiro atoms. The molecule has 2 heterocycles. The molecule has 0 fully saturated rings. The molecule has 2 aromatic heterocycles. The van der Waals surface area contributed by atoms with Crippen LogP contribution in [0.25, 0.3) is 11.0 Å². The van der Waals surface area contributed by atoms with Crippen molar-refractivity contribution in [1.29, 1.82) is 0 Å². The lowest BCUT2D eigenvalue weighted by atomic mass is 10.3. The first-order valence-corrected chi connectivity index (χ1v) is 7.92. The van der Waals surface area contributed by atoms with Crippen LogP contribution in [0, 0.1) is 0 Å². The van der Waals surface area contributed by atoms with E-state index in [1.807, 2.05) is 18.7 Å². The zero-order chi connectivity index (χ0) is 13.5. The Morgan fingerprint density at radius 2 is 2.16 bits per heavy atom. The molecule has 0 amide bonds. The Kier molecular flexibility index (Phi) is 5.26. The quantitative estimate of drug-likeness (QED) is 0.644. The highest BCUT2D eigenvalue weighted by molar-refractivity contribution is 7.98. The summed E-state index contributed by atoms with van der Waals surface area (Å²) in [6.45, 7) is 3.74. The molecule has 0 bridgehead atoms. The van der Waals surface area contributed by atoms with E-state index in [1.165, 1.54) is 12.2 Å². The summed E-state index contributed by atoms with van der Waals surface area (Å²) in [5, 5.41) is 14.3. The van der Waals surface area contributed by atoms with Crippen molar-refractivity contribution in [3.63, 3.8) is 0 Å². The maximum Gasteiger partial charge on any atom is 0.226 e. The van der Waals surface area contributed by atoms with Crippen molar-refractivity contribution in [3.05, 3.63) is 6.20 Å². The summed E-state index contributed by atoms with van der Waals surface area (Å²) in [6, 6.07) is 0. The fraction of sp³-hybridized carbons (Fsp3) is 0.583. The van der Waals surface area contributed by atoms with E-state index in [0.717, 1.165) is 36.4 Å². The van der Waals surface area contributed by atoms with Crippen LogP contribution >= 0.6 is 11.8 Å². The van der Waals surface area contributed by atoms with Gasteiger partial charge in [-0.2, -0.15) is 26.8 Å². The Hall–Kier alpha value is -1.50. The van der Waals surface area contributed by atoms with Crippen molar-refractivity contribution < 1.29 is 0 Å². The predicted molar refractivity (Wildman–Crippen MR) is 82.0 cm³/mol. The molecule has 3 N–H and O–H groups in total. The number of aromatic nitrogens is 4. The average Bonchev–Trinajstić information content (AvgIpc) is 2.87. The van der Waals surface area contributed by atoms with Crippen molar-refractivity contribution in [3.8, 4) is 0 Å². The fourth-order valence-corrected chi connectivity index (χ4v) is 2.28. The van der Waals surface area contributed by atoms with Gasteiger partial charge in [0.25, 0.3) is 0 Å². The van der Waals surface area contributed by atoms with Crippen molar-refractivity contribution in [2.45, 2.75) is 19.8 Å². The normalized spacial score (nSPS) is 10.8. The lowest BCUT2D eigenvalue weighted by Crippen LogP contribution is -2.08. The minimum atomic E-state index is 0.630. The summed E-state index contributed by atoms with van der Waals surface area (Å²) in [4.78, 5) is 8.84. The predicted octanol–water partition coefficient (Wildman–Crippen LogP) is 2.34. The van der Waals surface area contributed by atoms with Crippen LogP contribution in [0.1, 0.15) is 19.8 Å². The first-order chi connectivity index (χ1) is 9.35. The monoisotopic (exact) mass is 280 g/mol. The molecule has 104 valence electrons. The van der Waals surface area contributed by atoms with E-state index in [9.17, 15) is 0 Å². The van der Waals surface area contributed by atoms with Gasteiger partial charge in [-0.05, 0) is 31.8 Å². The Morgan fingerprint density at radius 3 is 2.95 bits per heavy atom. The van der Waals surface area contributed by atoms with Gasteiger partial charge in [-0.25, -0.2) is 0 Å². The maximum atomic E-state index is 4.48. The second-order valence-corrected chi connectivity index (χ2v) is 5.17. The van der Waals surface area contributed by atoms with Gasteiger partial charge in [-0.15, -0.1) is 0 Å². The third-order valence-electron chi connectivity index (χ3n) is 2.71. The number of aromatic amines is 1. The SMILES string of the molecule is CCNc1nc(NCCCCSC)c2cn[nH]c2n1. The first-order valence-electron chi connectivity index (χ1n) is 6.53. The highest BCUT2D eigenvalue weighted by atomic mass is 32.2. The zero-order valence-electron chi connectivity index (χ0n) is 11.4. The summed E-state index contributed by atoms with van der Waals surface area (Å²) in [7, 11) is 0. The molecular weight excluding hydrogens is 260 g/mol. The molecule has 0 aromatic carbocycles. The molecule has 0 aliphatic carbocycles. The Balaban J connectivity index is 2.04. The molecule has 19 heavy (non-hydrogen) atoms. The maximum absolute atomic E-state index is 4.48. The van der Waals surface area contributed by atoms with E-state index < -0.39 is 0 Å². The van der Waals surface area contributed by atoms with E-state index in [2.05, 4.69) is 37.1 Å². The summed E-state index contributed by atoms with van der Waals surface area (Å²) >= 11 is 1.88. The molecule has 0 atom stereocenters. The first kappa shape index (κ1) is 13.9. The highest BCUT2D eigenvalue weighted by Crippen LogP contribution is 2.19. The Labute approximate surface area is 117 Å². The van der Waals surface area contributed by atoms with Crippen LogP contribution in [-0.2, 0) is 0 Å². The van der Waals surface area contributed by atoms with Crippen molar-refractivity contribution in [2.75, 3.05) is 35.7 Å². The van der Waals surface area contributed by atoms with Crippen molar-refractivity contribution in [2.24, 2.45) is 0 Å². The van der Waals surface area contributed by atoms with Crippen LogP contribution < -0.4 is 10.6 Å². The van der Waals surface area contributed by atoms with Gasteiger partial charge < -0.3 is 10.6 Å². The van der Waals surface area contributed by atoms with Crippen LogP contribution in [-0.4, -0.2) is 45.3 Å². The van der Waals surface area contributed by atoms with Gasteiger partial charge in [0.15, 0.2) is 5.65 Å². The number of nitrogens with one attached hydrogen (secondary N) is 3. The van der Waals surface area contributed by atoms with E-state index >= 15 is 0 Å². The van der Waals surface area contributed by atoms with Crippen LogP contribution in [0.4, 0.5) is 11.8 Å². The number of unbranched alkanes of at least 4 members (excludes halogenated alkanes) is 1. The molecule has 6 nitrogen and oxygen atoms in total. The van der Waals surface area contributed by atoms with E-state index in [1.54, 1.807) is 6.20 Å². The van der Waals surface area contributed by atoms with E-state index in [0.29, 0.717) is 5.95 Å². The second kappa shape index (κ2) is 7.18. The number of nitrogens with zero attached hydrogens (tertiary/aromatic N) is 3. The van der Waals surface area contributed by atoms with Gasteiger partial charge in [-0.1, -0.05) is 0 Å². The van der Waals surface area contributed by atoms with Gasteiger partial charge >= 0.3 is 0 Å². The zero-order valence-corrected chi connectivity index (χ0v) is 12.2. The lowest BCUT2D eigenvalue weighted by molar-refractivity contribution is 0.840. The Bertz CT molecular complexity index is 512. The van der Waals surface area contributed by atoms with Crippen LogP contribution in [0.15, 0.2) is 6.20 Å². The molecule has 0 unspecified atom stereocenters. The number of rotatable bonds is 8. The lowest BCUT2D eigenvalue weighted by Gasteiger charge is -2.08. The minimum Gasteiger partial charge on any atom is -0.369 e. The fourth-order valence-electron chi connectivity index (χ4n) is 1.78. The highest BCUT2D eigenvalue weighted by Gasteiger charge is 2.08. The third-order valence-corrected chi connectivity index (χ3v) is 3.41. The smallest absolute Gasteiger partial charge is 0.226 e. The summed E-state index contributed by atoms with van der Waals surface area (Å²) in [6.07, 6.45) is 6.25. The standard InChI is InChI=1S/C12H20N6S/c1-3-13-12-16-10(14-6-4-5-7-19-2)9-8-15-18-11(9)17-12/h8H,3-7H2,1-2H3,(H3,13,14,15,16,17,18). The summed E-state index contributed by atoms with van der Waals surface area (Å²) < 4.78 is 0. The number of thioether (sulfide) groups is 1. The molecule has 0 radical (unpaired) electrons. The van der Waals surface area contributed by atoms with Crippen LogP contribution in [0.2, 0.25) is 0 Å². The second-order valence-electron chi connectivity index (χ2n) is 4.19. The van der Waals surface area contributed by atoms with Gasteiger partial charge in [0.05, 0.1) is 11.6 Å². The third kappa shape index (κ3) is 3.73. The average molecular weight is 280 g/mol. The van der Waals surface area contributed by atoms with Gasteiger partial charge in [-0.3, -0.25) is 5.10 Å². The largest absolute Gasteiger partial charge is 0.369 e. The van der Waals surface area contributed by atoms with Crippen molar-refractivity contribution >= 4 is 34.6 Å². The van der Waals surface area contributed by atoms with Crippen LogP contribution in [0.5, 0.6) is 0 Å². The van der Waals surface area contributed by atoms with E-state index in [4.69, 9.17) is 0 Å². The minimum absolute atomic E-state index is 0.630. The summed E-state index contributed by atoms with van der Waals surface area (Å²) in [5.74, 6) is 2.68. The summed E-state index contributed by atoms with van der Waals surface area (Å²) in [5.41, 5.74) is 0.762. The number of anilines is 2.